The highest BCUT2D eigenvalue weighted by Gasteiger charge is 2.04. The van der Waals surface area contributed by atoms with E-state index in [1.54, 1.807) is 0 Å². The van der Waals surface area contributed by atoms with Gasteiger partial charge in [0.15, 0.2) is 5.15 Å². The minimum atomic E-state index is 0.279. The van der Waals surface area contributed by atoms with Gasteiger partial charge >= 0.3 is 0 Å². The summed E-state index contributed by atoms with van der Waals surface area (Å²) in [5.41, 5.74) is 0. The van der Waals surface area contributed by atoms with Crippen molar-refractivity contribution in [2.75, 3.05) is 0 Å². The van der Waals surface area contributed by atoms with Gasteiger partial charge in [-0.1, -0.05) is 34.8 Å². The molecule has 1 heterocycles. The molecule has 0 aliphatic carbocycles. The van der Waals surface area contributed by atoms with Crippen molar-refractivity contribution in [3.8, 4) is 0 Å². The SMILES string of the molecule is Clc1nsc(Cl)c1Cl. The molecule has 0 spiro atoms. The Morgan fingerprint density at radius 1 is 1.25 bits per heavy atom. The van der Waals surface area contributed by atoms with E-state index in [2.05, 4.69) is 4.37 Å². The van der Waals surface area contributed by atoms with Gasteiger partial charge in [0.1, 0.15) is 9.36 Å². The molecule has 0 radical (unpaired) electrons. The van der Waals surface area contributed by atoms with E-state index in [0.29, 0.717) is 9.36 Å². The fourth-order valence-corrected chi connectivity index (χ4v) is 1.36. The van der Waals surface area contributed by atoms with E-state index in [9.17, 15) is 0 Å². The second-order valence-electron chi connectivity index (χ2n) is 1.06. The quantitative estimate of drug-likeness (QED) is 0.610. The van der Waals surface area contributed by atoms with Crippen molar-refractivity contribution in [2.24, 2.45) is 0 Å². The monoisotopic (exact) mass is 187 g/mol. The fraction of sp³-hybridized carbons (Fsp3) is 0. The van der Waals surface area contributed by atoms with E-state index in [1.165, 1.54) is 0 Å². The molecule has 0 saturated carbocycles. The predicted octanol–water partition coefficient (Wildman–Crippen LogP) is 3.10. The molecule has 0 atom stereocenters. The lowest BCUT2D eigenvalue weighted by Gasteiger charge is -1.76. The molecule has 0 N–H and O–H groups in total. The van der Waals surface area contributed by atoms with Gasteiger partial charge in [0.05, 0.1) is 0 Å². The first-order chi connectivity index (χ1) is 3.72. The van der Waals surface area contributed by atoms with Crippen LogP contribution in [0.1, 0.15) is 0 Å². The Balaban J connectivity index is 3.19. The van der Waals surface area contributed by atoms with E-state index in [-0.39, 0.29) is 5.15 Å². The zero-order chi connectivity index (χ0) is 6.15. The van der Waals surface area contributed by atoms with Crippen molar-refractivity contribution < 1.29 is 0 Å². The van der Waals surface area contributed by atoms with Crippen molar-refractivity contribution in [3.63, 3.8) is 0 Å². The van der Waals surface area contributed by atoms with E-state index < -0.39 is 0 Å². The van der Waals surface area contributed by atoms with Gasteiger partial charge in [-0.15, -0.1) is 0 Å². The van der Waals surface area contributed by atoms with Crippen molar-refractivity contribution >= 4 is 46.3 Å². The molecule has 0 aromatic carbocycles. The molecule has 0 bridgehead atoms. The smallest absolute Gasteiger partial charge is 0.163 e. The van der Waals surface area contributed by atoms with Crippen LogP contribution in [0.15, 0.2) is 0 Å². The molecule has 1 aromatic rings. The van der Waals surface area contributed by atoms with Gasteiger partial charge in [-0.3, -0.25) is 0 Å². The summed E-state index contributed by atoms with van der Waals surface area (Å²) in [7, 11) is 0. The zero-order valence-corrected chi connectivity index (χ0v) is 6.57. The summed E-state index contributed by atoms with van der Waals surface area (Å²) in [6, 6.07) is 0. The summed E-state index contributed by atoms with van der Waals surface area (Å²) in [6.45, 7) is 0. The molecule has 1 aromatic heterocycles. The maximum atomic E-state index is 5.48. The Morgan fingerprint density at radius 3 is 2.00 bits per heavy atom. The highest BCUT2D eigenvalue weighted by molar-refractivity contribution is 7.11. The summed E-state index contributed by atoms with van der Waals surface area (Å²) in [6.07, 6.45) is 0. The van der Waals surface area contributed by atoms with Crippen LogP contribution < -0.4 is 0 Å². The number of hydrogen-bond acceptors (Lipinski definition) is 2. The third-order valence-electron chi connectivity index (χ3n) is 0.560. The zero-order valence-electron chi connectivity index (χ0n) is 3.49. The number of aromatic nitrogens is 1. The Morgan fingerprint density at radius 2 is 1.88 bits per heavy atom. The Kier molecular flexibility index (Phi) is 1.98. The maximum absolute atomic E-state index is 5.48. The van der Waals surface area contributed by atoms with Crippen LogP contribution >= 0.6 is 46.3 Å². The van der Waals surface area contributed by atoms with Crippen molar-refractivity contribution in [2.45, 2.75) is 0 Å². The summed E-state index contributed by atoms with van der Waals surface area (Å²) in [5, 5.41) is 0.625. The molecular formula is C3Cl3NS. The molecule has 0 fully saturated rings. The highest BCUT2D eigenvalue weighted by atomic mass is 35.5. The van der Waals surface area contributed by atoms with Gasteiger partial charge in [-0.05, 0) is 11.5 Å². The molecule has 0 saturated heterocycles. The number of halogens is 3. The normalized spacial score (nSPS) is 9.88. The first-order valence-electron chi connectivity index (χ1n) is 1.68. The molecule has 0 amide bonds. The largest absolute Gasteiger partial charge is 0.178 e. The first kappa shape index (κ1) is 6.62. The molecule has 1 nitrogen and oxygen atoms in total. The molecular weight excluding hydrogens is 188 g/mol. The van der Waals surface area contributed by atoms with E-state index in [1.807, 2.05) is 0 Å². The average Bonchev–Trinajstić information content (AvgIpc) is 1.98. The first-order valence-corrected chi connectivity index (χ1v) is 3.58. The van der Waals surface area contributed by atoms with E-state index in [0.717, 1.165) is 11.5 Å². The lowest BCUT2D eigenvalue weighted by atomic mass is 10.8. The third-order valence-corrected chi connectivity index (χ3v) is 2.64. The van der Waals surface area contributed by atoms with Gasteiger partial charge < -0.3 is 0 Å². The summed E-state index contributed by atoms with van der Waals surface area (Å²) < 4.78 is 4.10. The Hall–Kier alpha value is 0.500. The second kappa shape index (κ2) is 2.40. The van der Waals surface area contributed by atoms with E-state index in [4.69, 9.17) is 34.8 Å². The Bertz CT molecular complexity index is 177. The number of rotatable bonds is 0. The van der Waals surface area contributed by atoms with Crippen LogP contribution in [-0.4, -0.2) is 4.37 Å². The summed E-state index contributed by atoms with van der Waals surface area (Å²) in [5.74, 6) is 0. The van der Waals surface area contributed by atoms with Crippen LogP contribution in [0.4, 0.5) is 0 Å². The topological polar surface area (TPSA) is 12.9 Å². The molecule has 0 aliphatic heterocycles. The van der Waals surface area contributed by atoms with Crippen LogP contribution in [-0.2, 0) is 0 Å². The van der Waals surface area contributed by atoms with Gasteiger partial charge in [0.2, 0.25) is 0 Å². The minimum Gasteiger partial charge on any atom is -0.178 e. The van der Waals surface area contributed by atoms with E-state index >= 15 is 0 Å². The lowest BCUT2D eigenvalue weighted by molar-refractivity contribution is 1.58. The number of hydrogen-bond donors (Lipinski definition) is 0. The van der Waals surface area contributed by atoms with Gasteiger partial charge in [-0.25, -0.2) is 0 Å². The van der Waals surface area contributed by atoms with Crippen LogP contribution in [0.3, 0.4) is 0 Å². The fourth-order valence-electron chi connectivity index (χ4n) is 0.241. The standard InChI is InChI=1S/C3Cl3NS/c4-1-2(5)7-8-3(1)6. The van der Waals surface area contributed by atoms with Gasteiger partial charge in [-0.2, -0.15) is 4.37 Å². The lowest BCUT2D eigenvalue weighted by Crippen LogP contribution is -1.54. The van der Waals surface area contributed by atoms with Crippen LogP contribution in [0.5, 0.6) is 0 Å². The molecule has 0 aliphatic rings. The molecule has 44 valence electrons. The van der Waals surface area contributed by atoms with Gasteiger partial charge in [0, 0.05) is 0 Å². The van der Waals surface area contributed by atoms with Crippen molar-refractivity contribution in [1.29, 1.82) is 0 Å². The second-order valence-corrected chi connectivity index (χ2v) is 3.17. The highest BCUT2D eigenvalue weighted by Crippen LogP contribution is 2.32. The summed E-state index contributed by atoms with van der Waals surface area (Å²) >= 11 is 17.4. The van der Waals surface area contributed by atoms with Crippen LogP contribution in [0, 0.1) is 0 Å². The molecule has 0 unspecified atom stereocenters. The summed E-state index contributed by atoms with van der Waals surface area (Å²) in [4.78, 5) is 0. The average molecular weight is 188 g/mol. The number of nitrogens with zero attached hydrogens (tertiary/aromatic N) is 1. The van der Waals surface area contributed by atoms with Crippen molar-refractivity contribution in [1.82, 2.24) is 4.37 Å². The predicted molar refractivity (Wildman–Crippen MR) is 37.1 cm³/mol. The van der Waals surface area contributed by atoms with Crippen molar-refractivity contribution in [3.05, 3.63) is 14.5 Å². The van der Waals surface area contributed by atoms with Crippen LogP contribution in [0.25, 0.3) is 0 Å². The minimum absolute atomic E-state index is 0.279. The van der Waals surface area contributed by atoms with Crippen LogP contribution in [0.2, 0.25) is 14.5 Å². The molecule has 8 heavy (non-hydrogen) atoms. The van der Waals surface area contributed by atoms with Gasteiger partial charge in [0.25, 0.3) is 0 Å². The third kappa shape index (κ3) is 1.08. The Labute approximate surface area is 65.3 Å². The molecule has 5 heteroatoms. The maximum Gasteiger partial charge on any atom is 0.163 e. The molecule has 1 rings (SSSR count).